The van der Waals surface area contributed by atoms with Crippen LogP contribution >= 0.6 is 0 Å². The van der Waals surface area contributed by atoms with Gasteiger partial charge in [0.1, 0.15) is 23.5 Å². The number of hydrogen-bond acceptors (Lipinski definition) is 8. The number of carbonyl (C=O) groups is 1. The molecule has 0 aliphatic heterocycles. The van der Waals surface area contributed by atoms with Crippen LogP contribution in [0.4, 0.5) is 5.82 Å². The van der Waals surface area contributed by atoms with Crippen molar-refractivity contribution in [3.05, 3.63) is 47.7 Å². The minimum absolute atomic E-state index is 0.177. The van der Waals surface area contributed by atoms with E-state index < -0.39 is 6.04 Å². The number of H-pyrrole nitrogens is 1. The standard InChI is InChI=1S/C20H20N8O2/c1-10(24-19(29)13-8-16(21)23-9-22-13)14-7-12(28-30-14)18-25-11-3-4-15(20(2)5-6-20)26-17(11)27-18/h3-4,7-10H,5-6H2,1-2H3,(H,24,29)(H2,21,22,23)(H,25,26,27)/t10-/m1/s1. The molecule has 0 bridgehead atoms. The molecule has 1 amide bonds. The van der Waals surface area contributed by atoms with Gasteiger partial charge in [-0.1, -0.05) is 12.1 Å². The van der Waals surface area contributed by atoms with Crippen LogP contribution in [0.2, 0.25) is 0 Å². The van der Waals surface area contributed by atoms with Crippen LogP contribution in [0.5, 0.6) is 0 Å². The van der Waals surface area contributed by atoms with E-state index in [2.05, 4.69) is 37.3 Å². The van der Waals surface area contributed by atoms with Crippen LogP contribution < -0.4 is 11.1 Å². The molecule has 0 saturated heterocycles. The summed E-state index contributed by atoms with van der Waals surface area (Å²) in [4.78, 5) is 32.5. The normalized spacial score (nSPS) is 15.8. The molecule has 10 nitrogen and oxygen atoms in total. The molecule has 1 saturated carbocycles. The van der Waals surface area contributed by atoms with Gasteiger partial charge in [0, 0.05) is 23.2 Å². The van der Waals surface area contributed by atoms with Gasteiger partial charge < -0.3 is 20.6 Å². The molecule has 1 atom stereocenters. The highest BCUT2D eigenvalue weighted by Crippen LogP contribution is 2.46. The second kappa shape index (κ2) is 6.61. The number of nitrogen functional groups attached to an aromatic ring is 1. The van der Waals surface area contributed by atoms with E-state index in [4.69, 9.17) is 15.2 Å². The highest BCUT2D eigenvalue weighted by atomic mass is 16.5. The molecular weight excluding hydrogens is 384 g/mol. The van der Waals surface area contributed by atoms with Gasteiger partial charge in [-0.3, -0.25) is 4.79 Å². The van der Waals surface area contributed by atoms with Crippen LogP contribution in [0.3, 0.4) is 0 Å². The predicted molar refractivity (Wildman–Crippen MR) is 108 cm³/mol. The van der Waals surface area contributed by atoms with Crippen molar-refractivity contribution in [2.24, 2.45) is 0 Å². The average Bonchev–Trinajstić information content (AvgIpc) is 3.16. The molecule has 152 valence electrons. The minimum Gasteiger partial charge on any atom is -0.384 e. The summed E-state index contributed by atoms with van der Waals surface area (Å²) in [5.74, 6) is 0.887. The molecule has 1 fully saturated rings. The fraction of sp³-hybridized carbons (Fsp3) is 0.300. The first-order chi connectivity index (χ1) is 14.4. The lowest BCUT2D eigenvalue weighted by Crippen LogP contribution is -2.27. The summed E-state index contributed by atoms with van der Waals surface area (Å²) in [6, 6.07) is 6.75. The Morgan fingerprint density at radius 2 is 2.10 bits per heavy atom. The topological polar surface area (TPSA) is 148 Å². The molecule has 0 unspecified atom stereocenters. The van der Waals surface area contributed by atoms with E-state index in [1.807, 2.05) is 12.1 Å². The number of nitrogens with zero attached hydrogens (tertiary/aromatic N) is 5. The minimum atomic E-state index is -0.432. The molecular formula is C20H20N8O2. The third kappa shape index (κ3) is 3.25. The zero-order valence-corrected chi connectivity index (χ0v) is 16.5. The van der Waals surface area contributed by atoms with Crippen molar-refractivity contribution in [1.29, 1.82) is 0 Å². The van der Waals surface area contributed by atoms with Crippen LogP contribution in [0.25, 0.3) is 22.7 Å². The number of pyridine rings is 1. The third-order valence-electron chi connectivity index (χ3n) is 5.43. The van der Waals surface area contributed by atoms with Crippen molar-refractivity contribution >= 4 is 22.9 Å². The highest BCUT2D eigenvalue weighted by Gasteiger charge is 2.40. The molecule has 1 aliphatic carbocycles. The van der Waals surface area contributed by atoms with Gasteiger partial charge in [-0.05, 0) is 31.9 Å². The zero-order chi connectivity index (χ0) is 20.9. The summed E-state index contributed by atoms with van der Waals surface area (Å²) in [6.07, 6.45) is 3.55. The number of amides is 1. The summed E-state index contributed by atoms with van der Waals surface area (Å²) in [7, 11) is 0. The van der Waals surface area contributed by atoms with Crippen LogP contribution in [-0.2, 0) is 5.41 Å². The van der Waals surface area contributed by atoms with Gasteiger partial charge >= 0.3 is 0 Å². The molecule has 4 heterocycles. The number of nitrogens with one attached hydrogen (secondary N) is 2. The lowest BCUT2D eigenvalue weighted by molar-refractivity contribution is 0.0928. The maximum absolute atomic E-state index is 12.3. The summed E-state index contributed by atoms with van der Waals surface area (Å²) in [6.45, 7) is 4.00. The third-order valence-corrected chi connectivity index (χ3v) is 5.43. The number of carbonyl (C=O) groups excluding carboxylic acids is 1. The van der Waals surface area contributed by atoms with Crippen molar-refractivity contribution < 1.29 is 9.32 Å². The number of nitrogens with two attached hydrogens (primary N) is 1. The Labute approximate surface area is 171 Å². The number of rotatable bonds is 5. The number of hydrogen-bond donors (Lipinski definition) is 3. The van der Waals surface area contributed by atoms with Crippen molar-refractivity contribution in [2.45, 2.75) is 38.1 Å². The second-order valence-electron chi connectivity index (χ2n) is 7.85. The summed E-state index contributed by atoms with van der Waals surface area (Å²) < 4.78 is 5.42. The zero-order valence-electron chi connectivity index (χ0n) is 16.5. The maximum atomic E-state index is 12.3. The van der Waals surface area contributed by atoms with Gasteiger partial charge in [-0.25, -0.2) is 19.9 Å². The molecule has 1 aliphatic rings. The Balaban J connectivity index is 1.35. The average molecular weight is 404 g/mol. The smallest absolute Gasteiger partial charge is 0.270 e. The fourth-order valence-corrected chi connectivity index (χ4v) is 3.24. The first kappa shape index (κ1) is 18.2. The molecule has 0 aromatic carbocycles. The van der Waals surface area contributed by atoms with Crippen molar-refractivity contribution in [2.75, 3.05) is 5.73 Å². The van der Waals surface area contributed by atoms with E-state index in [0.717, 1.165) is 24.1 Å². The lowest BCUT2D eigenvalue weighted by Gasteiger charge is -2.09. The van der Waals surface area contributed by atoms with E-state index in [1.54, 1.807) is 13.0 Å². The quantitative estimate of drug-likeness (QED) is 0.459. The molecule has 4 aromatic heterocycles. The van der Waals surface area contributed by atoms with Crippen LogP contribution in [0.15, 0.2) is 35.1 Å². The number of imidazole rings is 1. The molecule has 10 heteroatoms. The SMILES string of the molecule is C[C@@H](NC(=O)c1cc(N)ncn1)c1cc(-c2nc3nc(C4(C)CC4)ccc3[nH]2)no1. The first-order valence-corrected chi connectivity index (χ1v) is 9.64. The van der Waals surface area contributed by atoms with Gasteiger partial charge in [-0.2, -0.15) is 0 Å². The fourth-order valence-electron chi connectivity index (χ4n) is 3.24. The molecule has 4 aromatic rings. The van der Waals surface area contributed by atoms with E-state index in [-0.39, 0.29) is 22.8 Å². The van der Waals surface area contributed by atoms with Crippen LogP contribution in [0.1, 0.15) is 54.7 Å². The predicted octanol–water partition coefficient (Wildman–Crippen LogP) is 2.53. The van der Waals surface area contributed by atoms with E-state index in [9.17, 15) is 4.79 Å². The summed E-state index contributed by atoms with van der Waals surface area (Å²) >= 11 is 0. The lowest BCUT2D eigenvalue weighted by atomic mass is 10.1. The number of anilines is 1. The Hall–Kier alpha value is -3.82. The monoisotopic (exact) mass is 404 g/mol. The van der Waals surface area contributed by atoms with E-state index in [1.165, 1.54) is 12.4 Å². The van der Waals surface area contributed by atoms with E-state index >= 15 is 0 Å². The second-order valence-corrected chi connectivity index (χ2v) is 7.85. The maximum Gasteiger partial charge on any atom is 0.270 e. The van der Waals surface area contributed by atoms with Gasteiger partial charge in [0.15, 0.2) is 17.2 Å². The number of aromatic amines is 1. The van der Waals surface area contributed by atoms with Gasteiger partial charge in [0.25, 0.3) is 5.91 Å². The van der Waals surface area contributed by atoms with Crippen molar-refractivity contribution in [3.63, 3.8) is 0 Å². The molecule has 5 rings (SSSR count). The Kier molecular flexibility index (Phi) is 4.02. The van der Waals surface area contributed by atoms with Crippen molar-refractivity contribution in [1.82, 2.24) is 35.4 Å². The highest BCUT2D eigenvalue weighted by molar-refractivity contribution is 5.93. The van der Waals surface area contributed by atoms with E-state index in [0.29, 0.717) is 22.9 Å². The summed E-state index contributed by atoms with van der Waals surface area (Å²) in [5.41, 5.74) is 9.05. The Morgan fingerprint density at radius 3 is 2.87 bits per heavy atom. The van der Waals surface area contributed by atoms with Crippen LogP contribution in [0, 0.1) is 0 Å². The van der Waals surface area contributed by atoms with Gasteiger partial charge in [0.2, 0.25) is 0 Å². The largest absolute Gasteiger partial charge is 0.384 e. The van der Waals surface area contributed by atoms with Crippen LogP contribution in [-0.4, -0.2) is 36.0 Å². The van der Waals surface area contributed by atoms with Gasteiger partial charge in [0.05, 0.1) is 11.6 Å². The molecule has 4 N–H and O–H groups in total. The first-order valence-electron chi connectivity index (χ1n) is 9.64. The summed E-state index contributed by atoms with van der Waals surface area (Å²) in [5, 5.41) is 6.89. The van der Waals surface area contributed by atoms with Gasteiger partial charge in [-0.15, -0.1) is 0 Å². The Bertz CT molecular complexity index is 1260. The van der Waals surface area contributed by atoms with Crippen molar-refractivity contribution in [3.8, 4) is 11.5 Å². The molecule has 0 spiro atoms. The number of fused-ring (bicyclic) bond motifs is 1. The Morgan fingerprint density at radius 1 is 1.27 bits per heavy atom. The molecule has 0 radical (unpaired) electrons. The molecule has 30 heavy (non-hydrogen) atoms. The number of aromatic nitrogens is 6.